The van der Waals surface area contributed by atoms with Crippen molar-refractivity contribution in [1.82, 2.24) is 9.78 Å². The Morgan fingerprint density at radius 3 is 2.88 bits per heavy atom. The molecule has 1 aromatic rings. The molecule has 3 nitrogen and oxygen atoms in total. The lowest BCUT2D eigenvalue weighted by Crippen LogP contribution is -2.25. The highest BCUT2D eigenvalue weighted by atomic mass is 15.3. The second-order valence-corrected chi connectivity index (χ2v) is 5.42. The van der Waals surface area contributed by atoms with E-state index in [0.29, 0.717) is 12.1 Å². The first-order valence-electron chi connectivity index (χ1n) is 6.46. The predicted octanol–water partition coefficient (Wildman–Crippen LogP) is 3.45. The first kappa shape index (κ1) is 11.5. The average molecular weight is 221 g/mol. The number of hydrogen-bond donors (Lipinski definition) is 1. The lowest BCUT2D eigenvalue weighted by molar-refractivity contribution is 0.358. The van der Waals surface area contributed by atoms with E-state index in [9.17, 15) is 0 Å². The maximum Gasteiger partial charge on any atom is 0.0728 e. The van der Waals surface area contributed by atoms with Crippen LogP contribution in [0.2, 0.25) is 0 Å². The van der Waals surface area contributed by atoms with Gasteiger partial charge in [0.15, 0.2) is 0 Å². The molecule has 3 heteroatoms. The fourth-order valence-electron chi connectivity index (χ4n) is 2.50. The second kappa shape index (κ2) is 4.89. The Labute approximate surface area is 98.2 Å². The van der Waals surface area contributed by atoms with Crippen molar-refractivity contribution in [1.29, 1.82) is 0 Å². The summed E-state index contributed by atoms with van der Waals surface area (Å²) in [5, 5.41) is 7.96. The van der Waals surface area contributed by atoms with Crippen molar-refractivity contribution in [3.8, 4) is 0 Å². The Morgan fingerprint density at radius 1 is 1.44 bits per heavy atom. The van der Waals surface area contributed by atoms with Crippen molar-refractivity contribution in [3.05, 3.63) is 12.4 Å². The molecule has 0 aliphatic heterocycles. The number of nitrogens with zero attached hydrogens (tertiary/aromatic N) is 2. The zero-order chi connectivity index (χ0) is 11.5. The number of rotatable bonds is 3. The van der Waals surface area contributed by atoms with Crippen molar-refractivity contribution in [2.24, 2.45) is 5.92 Å². The van der Waals surface area contributed by atoms with Gasteiger partial charge >= 0.3 is 0 Å². The van der Waals surface area contributed by atoms with Gasteiger partial charge in [-0.3, -0.25) is 4.68 Å². The zero-order valence-electron chi connectivity index (χ0n) is 10.6. The molecule has 0 amide bonds. The minimum atomic E-state index is 0.445. The number of hydrogen-bond acceptors (Lipinski definition) is 2. The lowest BCUT2D eigenvalue weighted by Gasteiger charge is -2.27. The summed E-state index contributed by atoms with van der Waals surface area (Å²) in [6.45, 7) is 6.66. The van der Waals surface area contributed by atoms with Crippen LogP contribution in [0.5, 0.6) is 0 Å². The van der Waals surface area contributed by atoms with Gasteiger partial charge in [-0.05, 0) is 32.6 Å². The summed E-state index contributed by atoms with van der Waals surface area (Å²) >= 11 is 0. The maximum atomic E-state index is 4.35. The van der Waals surface area contributed by atoms with Crippen molar-refractivity contribution in [2.45, 2.75) is 58.5 Å². The summed E-state index contributed by atoms with van der Waals surface area (Å²) in [4.78, 5) is 0. The van der Waals surface area contributed by atoms with E-state index >= 15 is 0 Å². The highest BCUT2D eigenvalue weighted by molar-refractivity contribution is 5.39. The molecule has 0 saturated heterocycles. The summed E-state index contributed by atoms with van der Waals surface area (Å²) in [5.41, 5.74) is 1.17. The van der Waals surface area contributed by atoms with Crippen LogP contribution in [0.4, 0.5) is 5.69 Å². The van der Waals surface area contributed by atoms with Gasteiger partial charge in [-0.2, -0.15) is 5.10 Å². The fourth-order valence-corrected chi connectivity index (χ4v) is 2.50. The van der Waals surface area contributed by atoms with Gasteiger partial charge in [0.2, 0.25) is 0 Å². The van der Waals surface area contributed by atoms with Gasteiger partial charge in [-0.15, -0.1) is 0 Å². The molecular formula is C13H23N3. The highest BCUT2D eigenvalue weighted by Crippen LogP contribution is 2.26. The molecule has 0 aromatic carbocycles. The van der Waals surface area contributed by atoms with Crippen LogP contribution in [0.3, 0.4) is 0 Å². The molecule has 2 rings (SSSR count). The molecule has 0 bridgehead atoms. The molecule has 2 unspecified atom stereocenters. The van der Waals surface area contributed by atoms with Crippen LogP contribution < -0.4 is 5.32 Å². The summed E-state index contributed by atoms with van der Waals surface area (Å²) in [5.74, 6) is 0.867. The molecule has 1 aromatic heterocycles. The molecule has 1 saturated carbocycles. The normalized spacial score (nSPS) is 26.0. The summed E-state index contributed by atoms with van der Waals surface area (Å²) in [7, 11) is 0. The SMILES string of the molecule is CC1CCCC(Nc2cnn(C(C)C)c2)C1. The molecule has 16 heavy (non-hydrogen) atoms. The number of nitrogens with one attached hydrogen (secondary N) is 1. The van der Waals surface area contributed by atoms with E-state index in [0.717, 1.165) is 5.92 Å². The third-order valence-corrected chi connectivity index (χ3v) is 3.44. The molecule has 1 N–H and O–H groups in total. The third kappa shape index (κ3) is 2.77. The van der Waals surface area contributed by atoms with Gasteiger partial charge < -0.3 is 5.32 Å². The molecule has 1 aliphatic carbocycles. The van der Waals surface area contributed by atoms with Gasteiger partial charge in [0.05, 0.1) is 11.9 Å². The van der Waals surface area contributed by atoms with Crippen LogP contribution in [0.25, 0.3) is 0 Å². The van der Waals surface area contributed by atoms with Crippen LogP contribution in [0, 0.1) is 5.92 Å². The van der Waals surface area contributed by atoms with E-state index in [1.165, 1.54) is 31.4 Å². The average Bonchev–Trinajstić information content (AvgIpc) is 2.66. The van der Waals surface area contributed by atoms with E-state index < -0.39 is 0 Å². The van der Waals surface area contributed by atoms with Crippen molar-refractivity contribution >= 4 is 5.69 Å². The van der Waals surface area contributed by atoms with Gasteiger partial charge in [-0.25, -0.2) is 0 Å². The molecule has 0 spiro atoms. The van der Waals surface area contributed by atoms with Crippen LogP contribution in [-0.2, 0) is 0 Å². The van der Waals surface area contributed by atoms with E-state index in [2.05, 4.69) is 37.4 Å². The fraction of sp³-hybridized carbons (Fsp3) is 0.769. The zero-order valence-corrected chi connectivity index (χ0v) is 10.6. The first-order chi connectivity index (χ1) is 7.65. The van der Waals surface area contributed by atoms with E-state index in [1.54, 1.807) is 0 Å². The van der Waals surface area contributed by atoms with Gasteiger partial charge in [0.1, 0.15) is 0 Å². The molecular weight excluding hydrogens is 198 g/mol. The molecule has 90 valence electrons. The van der Waals surface area contributed by atoms with Gasteiger partial charge in [0, 0.05) is 18.3 Å². The van der Waals surface area contributed by atoms with Gasteiger partial charge in [-0.1, -0.05) is 19.8 Å². The Morgan fingerprint density at radius 2 is 2.25 bits per heavy atom. The van der Waals surface area contributed by atoms with E-state index in [-0.39, 0.29) is 0 Å². The van der Waals surface area contributed by atoms with Crippen LogP contribution in [-0.4, -0.2) is 15.8 Å². The Hall–Kier alpha value is -0.990. The van der Waals surface area contributed by atoms with Crippen LogP contribution >= 0.6 is 0 Å². The molecule has 1 aliphatic rings. The van der Waals surface area contributed by atoms with Gasteiger partial charge in [0.25, 0.3) is 0 Å². The maximum absolute atomic E-state index is 4.35. The Balaban J connectivity index is 1.92. The lowest BCUT2D eigenvalue weighted by atomic mass is 9.87. The molecule has 1 heterocycles. The van der Waals surface area contributed by atoms with E-state index in [4.69, 9.17) is 0 Å². The quantitative estimate of drug-likeness (QED) is 0.847. The molecule has 2 atom stereocenters. The van der Waals surface area contributed by atoms with Crippen LogP contribution in [0.1, 0.15) is 52.5 Å². The summed E-state index contributed by atoms with van der Waals surface area (Å²) in [6.07, 6.45) is 9.41. The largest absolute Gasteiger partial charge is 0.380 e. The monoisotopic (exact) mass is 221 g/mol. The van der Waals surface area contributed by atoms with Crippen LogP contribution in [0.15, 0.2) is 12.4 Å². The summed E-state index contributed by atoms with van der Waals surface area (Å²) < 4.78 is 2.01. The Bertz CT molecular complexity index is 330. The van der Waals surface area contributed by atoms with Crippen molar-refractivity contribution in [2.75, 3.05) is 5.32 Å². The molecule has 1 fully saturated rings. The topological polar surface area (TPSA) is 29.9 Å². The number of anilines is 1. The third-order valence-electron chi connectivity index (χ3n) is 3.44. The highest BCUT2D eigenvalue weighted by Gasteiger charge is 2.18. The minimum absolute atomic E-state index is 0.445. The minimum Gasteiger partial charge on any atom is -0.380 e. The molecule has 0 radical (unpaired) electrons. The standard InChI is InChI=1S/C13H23N3/c1-10(2)16-9-13(8-14-16)15-12-6-4-5-11(3)7-12/h8-12,15H,4-7H2,1-3H3. The predicted molar refractivity (Wildman–Crippen MR) is 67.7 cm³/mol. The van der Waals surface area contributed by atoms with Crippen molar-refractivity contribution < 1.29 is 0 Å². The number of aromatic nitrogens is 2. The van der Waals surface area contributed by atoms with E-state index in [1.807, 2.05) is 10.9 Å². The summed E-state index contributed by atoms with van der Waals surface area (Å²) in [6, 6.07) is 1.09. The van der Waals surface area contributed by atoms with Crippen molar-refractivity contribution in [3.63, 3.8) is 0 Å². The smallest absolute Gasteiger partial charge is 0.0728 e. The second-order valence-electron chi connectivity index (χ2n) is 5.42. The first-order valence-corrected chi connectivity index (χ1v) is 6.46. The Kier molecular flexibility index (Phi) is 3.52.